The molecule has 0 radical (unpaired) electrons. The number of nitrogens with one attached hydrogen (secondary N) is 2. The van der Waals surface area contributed by atoms with Gasteiger partial charge in [0.05, 0.1) is 17.2 Å². The first-order valence-electron chi connectivity index (χ1n) is 8.67. The molecule has 0 fully saturated rings. The van der Waals surface area contributed by atoms with E-state index in [1.807, 2.05) is 42.5 Å². The van der Waals surface area contributed by atoms with Crippen LogP contribution in [-0.4, -0.2) is 16.1 Å². The quantitative estimate of drug-likeness (QED) is 0.653. The van der Waals surface area contributed by atoms with Gasteiger partial charge >= 0.3 is 0 Å². The van der Waals surface area contributed by atoms with Crippen molar-refractivity contribution in [2.24, 2.45) is 5.73 Å². The van der Waals surface area contributed by atoms with Crippen LogP contribution in [0.25, 0.3) is 11.3 Å². The lowest BCUT2D eigenvalue weighted by atomic mass is 9.83. The summed E-state index contributed by atoms with van der Waals surface area (Å²) >= 11 is 0. The van der Waals surface area contributed by atoms with Crippen LogP contribution in [0.2, 0.25) is 0 Å². The van der Waals surface area contributed by atoms with Gasteiger partial charge in [-0.25, -0.2) is 0 Å². The van der Waals surface area contributed by atoms with Crippen LogP contribution in [0, 0.1) is 11.3 Å². The second-order valence-corrected chi connectivity index (χ2v) is 6.41. The largest absolute Gasteiger partial charge is 0.420 e. The van der Waals surface area contributed by atoms with Gasteiger partial charge in [0, 0.05) is 12.6 Å². The number of carbonyl (C=O) groups is 1. The van der Waals surface area contributed by atoms with E-state index in [1.54, 1.807) is 12.1 Å². The number of carbonyl (C=O) groups excluding carboxylic acids is 1. The summed E-state index contributed by atoms with van der Waals surface area (Å²) in [7, 11) is 0. The Kier molecular flexibility index (Phi) is 4.30. The Labute approximate surface area is 161 Å². The standard InChI is InChI=1S/C21H17N5O2/c1-12(27)24-15-9-7-13(8-10-15)17-16(11-22)20(23)28-21-18(17)19(25-26-21)14-5-3-2-4-6-14/h2-10,17H,23H2,1H3,(H,24,27)(H,25,26)/t17-/m0/s1. The second kappa shape index (κ2) is 6.93. The molecule has 1 amide bonds. The molecule has 138 valence electrons. The maximum Gasteiger partial charge on any atom is 0.244 e. The van der Waals surface area contributed by atoms with Crippen LogP contribution in [0.1, 0.15) is 24.0 Å². The lowest BCUT2D eigenvalue weighted by Crippen LogP contribution is -2.21. The highest BCUT2D eigenvalue weighted by Crippen LogP contribution is 2.45. The number of aromatic amines is 1. The van der Waals surface area contributed by atoms with E-state index in [-0.39, 0.29) is 11.8 Å². The molecule has 0 unspecified atom stereocenters. The summed E-state index contributed by atoms with van der Waals surface area (Å²) < 4.78 is 5.60. The molecule has 1 aromatic heterocycles. The predicted molar refractivity (Wildman–Crippen MR) is 104 cm³/mol. The van der Waals surface area contributed by atoms with Gasteiger partial charge in [0.2, 0.25) is 17.7 Å². The molecule has 1 atom stereocenters. The average Bonchev–Trinajstić information content (AvgIpc) is 3.11. The third kappa shape index (κ3) is 2.97. The zero-order valence-corrected chi connectivity index (χ0v) is 15.1. The Morgan fingerprint density at radius 2 is 1.93 bits per heavy atom. The molecule has 2 aromatic carbocycles. The number of nitrogens with zero attached hydrogens (tertiary/aromatic N) is 2. The number of nitriles is 1. The summed E-state index contributed by atoms with van der Waals surface area (Å²) in [5.41, 5.74) is 10.3. The van der Waals surface area contributed by atoms with E-state index in [4.69, 9.17) is 10.5 Å². The number of hydrogen-bond acceptors (Lipinski definition) is 5. The minimum absolute atomic E-state index is 0.0389. The van der Waals surface area contributed by atoms with Gasteiger partial charge in [-0.05, 0) is 23.3 Å². The molecular weight excluding hydrogens is 354 g/mol. The van der Waals surface area contributed by atoms with E-state index in [2.05, 4.69) is 21.6 Å². The van der Waals surface area contributed by atoms with E-state index in [9.17, 15) is 10.1 Å². The predicted octanol–water partition coefficient (Wildman–Crippen LogP) is 3.25. The van der Waals surface area contributed by atoms with E-state index in [1.165, 1.54) is 6.92 Å². The number of aromatic nitrogens is 2. The summed E-state index contributed by atoms with van der Waals surface area (Å²) in [6.07, 6.45) is 0. The van der Waals surface area contributed by atoms with Crippen molar-refractivity contribution in [1.82, 2.24) is 10.2 Å². The van der Waals surface area contributed by atoms with Gasteiger partial charge in [0.15, 0.2) is 0 Å². The molecule has 0 saturated heterocycles. The lowest BCUT2D eigenvalue weighted by Gasteiger charge is -2.24. The minimum atomic E-state index is -0.436. The number of ether oxygens (including phenoxy) is 1. The van der Waals surface area contributed by atoms with Gasteiger partial charge in [-0.3, -0.25) is 9.89 Å². The molecule has 1 aliphatic heterocycles. The summed E-state index contributed by atoms with van der Waals surface area (Å²) in [5, 5.41) is 19.7. The zero-order chi connectivity index (χ0) is 19.7. The summed E-state index contributed by atoms with van der Waals surface area (Å²) in [6, 6.07) is 19.2. The fourth-order valence-corrected chi connectivity index (χ4v) is 3.37. The number of anilines is 1. The number of benzene rings is 2. The second-order valence-electron chi connectivity index (χ2n) is 6.41. The highest BCUT2D eigenvalue weighted by atomic mass is 16.5. The SMILES string of the molecule is CC(=O)Nc1ccc([C@H]2C(C#N)=C(N)Oc3n[nH]c(-c4ccccc4)c32)cc1. The number of rotatable bonds is 3. The van der Waals surface area contributed by atoms with Crippen molar-refractivity contribution in [1.29, 1.82) is 5.26 Å². The lowest BCUT2D eigenvalue weighted by molar-refractivity contribution is -0.114. The maximum atomic E-state index is 11.3. The minimum Gasteiger partial charge on any atom is -0.420 e. The van der Waals surface area contributed by atoms with Gasteiger partial charge in [-0.15, -0.1) is 5.10 Å². The molecule has 0 saturated carbocycles. The maximum absolute atomic E-state index is 11.3. The molecule has 0 aliphatic carbocycles. The molecule has 28 heavy (non-hydrogen) atoms. The third-order valence-corrected chi connectivity index (χ3v) is 4.57. The van der Waals surface area contributed by atoms with Crippen LogP contribution in [-0.2, 0) is 4.79 Å². The zero-order valence-electron chi connectivity index (χ0n) is 15.1. The van der Waals surface area contributed by atoms with Crippen molar-refractivity contribution in [3.8, 4) is 23.2 Å². The van der Waals surface area contributed by atoms with E-state index in [0.717, 1.165) is 22.4 Å². The third-order valence-electron chi connectivity index (χ3n) is 4.57. The molecular formula is C21H17N5O2. The first-order chi connectivity index (χ1) is 13.6. The first-order valence-corrected chi connectivity index (χ1v) is 8.67. The van der Waals surface area contributed by atoms with Crippen LogP contribution < -0.4 is 15.8 Å². The Balaban J connectivity index is 1.85. The van der Waals surface area contributed by atoms with Gasteiger partial charge in [0.25, 0.3) is 0 Å². The Morgan fingerprint density at radius 3 is 2.57 bits per heavy atom. The van der Waals surface area contributed by atoms with Crippen LogP contribution in [0.4, 0.5) is 5.69 Å². The van der Waals surface area contributed by atoms with Crippen molar-refractivity contribution >= 4 is 11.6 Å². The van der Waals surface area contributed by atoms with Crippen molar-refractivity contribution < 1.29 is 9.53 Å². The highest BCUT2D eigenvalue weighted by Gasteiger charge is 2.35. The monoisotopic (exact) mass is 371 g/mol. The molecule has 2 heterocycles. The fraction of sp³-hybridized carbons (Fsp3) is 0.0952. The van der Waals surface area contributed by atoms with Crippen LogP contribution >= 0.6 is 0 Å². The van der Waals surface area contributed by atoms with Gasteiger partial charge < -0.3 is 15.8 Å². The van der Waals surface area contributed by atoms with Crippen LogP contribution in [0.5, 0.6) is 5.88 Å². The summed E-state index contributed by atoms with van der Waals surface area (Å²) in [6.45, 7) is 1.45. The smallest absolute Gasteiger partial charge is 0.244 e. The van der Waals surface area contributed by atoms with E-state index < -0.39 is 5.92 Å². The number of H-pyrrole nitrogens is 1. The highest BCUT2D eigenvalue weighted by molar-refractivity contribution is 5.88. The van der Waals surface area contributed by atoms with E-state index in [0.29, 0.717) is 17.1 Å². The normalized spacial score (nSPS) is 15.4. The van der Waals surface area contributed by atoms with E-state index >= 15 is 0 Å². The molecule has 3 aromatic rings. The first kappa shape index (κ1) is 17.4. The van der Waals surface area contributed by atoms with Crippen LogP contribution in [0.3, 0.4) is 0 Å². The molecule has 0 bridgehead atoms. The van der Waals surface area contributed by atoms with Crippen molar-refractivity contribution in [3.05, 3.63) is 77.2 Å². The van der Waals surface area contributed by atoms with Crippen molar-refractivity contribution in [3.63, 3.8) is 0 Å². The molecule has 4 rings (SSSR count). The average molecular weight is 371 g/mol. The summed E-state index contributed by atoms with van der Waals surface area (Å²) in [4.78, 5) is 11.3. The molecule has 7 heteroatoms. The molecule has 0 spiro atoms. The number of allylic oxidation sites excluding steroid dienone is 1. The fourth-order valence-electron chi connectivity index (χ4n) is 3.37. The molecule has 4 N–H and O–H groups in total. The van der Waals surface area contributed by atoms with Crippen molar-refractivity contribution in [2.75, 3.05) is 5.32 Å². The molecule has 1 aliphatic rings. The topological polar surface area (TPSA) is 117 Å². The Morgan fingerprint density at radius 1 is 1.21 bits per heavy atom. The number of hydrogen-bond donors (Lipinski definition) is 3. The molecule has 7 nitrogen and oxygen atoms in total. The number of amides is 1. The Bertz CT molecular complexity index is 1110. The summed E-state index contributed by atoms with van der Waals surface area (Å²) in [5.74, 6) is -0.193. The van der Waals surface area contributed by atoms with Gasteiger partial charge in [-0.1, -0.05) is 42.5 Å². The number of nitrogens with two attached hydrogens (primary N) is 1. The number of fused-ring (bicyclic) bond motifs is 1. The van der Waals surface area contributed by atoms with Gasteiger partial charge in [-0.2, -0.15) is 5.26 Å². The van der Waals surface area contributed by atoms with Crippen LogP contribution in [0.15, 0.2) is 66.1 Å². The van der Waals surface area contributed by atoms with Gasteiger partial charge in [0.1, 0.15) is 11.6 Å². The Hall–Kier alpha value is -4.05. The van der Waals surface area contributed by atoms with Crippen molar-refractivity contribution in [2.45, 2.75) is 12.8 Å².